The van der Waals surface area contributed by atoms with Gasteiger partial charge in [0.05, 0.1) is 36.0 Å². The third-order valence-corrected chi connectivity index (χ3v) is 7.24. The molecule has 7 nitrogen and oxygen atoms in total. The van der Waals surface area contributed by atoms with Gasteiger partial charge in [0.1, 0.15) is 0 Å². The van der Waals surface area contributed by atoms with Gasteiger partial charge in [-0.1, -0.05) is 65.8 Å². The Kier molecular flexibility index (Phi) is 7.39. The summed E-state index contributed by atoms with van der Waals surface area (Å²) in [6, 6.07) is 21.8. The lowest BCUT2D eigenvalue weighted by molar-refractivity contribution is -0.120. The minimum Gasteiger partial charge on any atom is -0.350 e. The van der Waals surface area contributed by atoms with Crippen molar-refractivity contribution in [3.63, 3.8) is 0 Å². The highest BCUT2D eigenvalue weighted by Gasteiger charge is 2.41. The quantitative estimate of drug-likeness (QED) is 0.412. The van der Waals surface area contributed by atoms with Crippen molar-refractivity contribution in [2.75, 3.05) is 5.32 Å². The van der Waals surface area contributed by atoms with Crippen molar-refractivity contribution in [3.05, 3.63) is 118 Å². The topological polar surface area (TPSA) is 86.7 Å². The fourth-order valence-electron chi connectivity index (χ4n) is 4.29. The van der Waals surface area contributed by atoms with Crippen LogP contribution in [0.25, 0.3) is 0 Å². The van der Waals surface area contributed by atoms with Gasteiger partial charge in [-0.05, 0) is 48.2 Å². The third kappa shape index (κ3) is 5.45. The molecule has 2 aromatic carbocycles. The second-order valence-corrected chi connectivity index (χ2v) is 9.75. The van der Waals surface area contributed by atoms with Crippen LogP contribution < -0.4 is 10.6 Å². The number of nitrogens with zero attached hydrogens (tertiary/aromatic N) is 3. The maximum Gasteiger partial charge on any atom is 0.255 e. The molecule has 0 spiro atoms. The molecule has 186 valence electrons. The lowest BCUT2D eigenvalue weighted by Crippen LogP contribution is -2.39. The molecule has 0 bridgehead atoms. The highest BCUT2D eigenvalue weighted by molar-refractivity contribution is 8.16. The van der Waals surface area contributed by atoms with Crippen molar-refractivity contribution in [2.45, 2.75) is 25.9 Å². The number of nitrogens with one attached hydrogen (secondary N) is 2. The molecule has 2 aliphatic rings. The number of amides is 2. The minimum atomic E-state index is -0.547. The van der Waals surface area contributed by atoms with Crippen LogP contribution in [0.15, 0.2) is 106 Å². The van der Waals surface area contributed by atoms with Crippen LogP contribution >= 0.6 is 23.4 Å². The summed E-state index contributed by atoms with van der Waals surface area (Å²) in [5.74, 6) is -0.425. The number of aliphatic imine (C=N–C) groups is 1. The van der Waals surface area contributed by atoms with Crippen LogP contribution in [0.3, 0.4) is 0 Å². The Morgan fingerprint density at radius 1 is 1.03 bits per heavy atom. The molecular formula is C28H24ClN5O2S. The van der Waals surface area contributed by atoms with Gasteiger partial charge in [-0.25, -0.2) is 4.99 Å². The number of rotatable bonds is 7. The number of aromatic nitrogens is 1. The van der Waals surface area contributed by atoms with Crippen molar-refractivity contribution >= 4 is 46.0 Å². The van der Waals surface area contributed by atoms with Gasteiger partial charge in [0, 0.05) is 22.6 Å². The summed E-state index contributed by atoms with van der Waals surface area (Å²) in [6.07, 6.45) is 1.81. The third-order valence-electron chi connectivity index (χ3n) is 6.01. The molecule has 37 heavy (non-hydrogen) atoms. The van der Waals surface area contributed by atoms with Gasteiger partial charge in [-0.2, -0.15) is 0 Å². The molecule has 0 aliphatic carbocycles. The lowest BCUT2D eigenvalue weighted by Gasteiger charge is -2.37. The Balaban J connectivity index is 1.44. The summed E-state index contributed by atoms with van der Waals surface area (Å²) in [4.78, 5) is 37.5. The van der Waals surface area contributed by atoms with Crippen LogP contribution in [0.1, 0.15) is 30.6 Å². The van der Waals surface area contributed by atoms with E-state index in [0.717, 1.165) is 17.0 Å². The Bertz CT molecular complexity index is 1420. The van der Waals surface area contributed by atoms with E-state index in [1.807, 2.05) is 84.0 Å². The van der Waals surface area contributed by atoms with Crippen molar-refractivity contribution in [1.29, 1.82) is 0 Å². The Morgan fingerprint density at radius 3 is 2.54 bits per heavy atom. The molecule has 0 radical (unpaired) electrons. The van der Waals surface area contributed by atoms with Crippen molar-refractivity contribution in [1.82, 2.24) is 15.2 Å². The van der Waals surface area contributed by atoms with Crippen molar-refractivity contribution in [2.24, 2.45) is 4.99 Å². The first-order valence-corrected chi connectivity index (χ1v) is 13.0. The van der Waals surface area contributed by atoms with Gasteiger partial charge in [0.25, 0.3) is 5.91 Å². The van der Waals surface area contributed by atoms with E-state index in [4.69, 9.17) is 16.6 Å². The zero-order valence-corrected chi connectivity index (χ0v) is 21.6. The molecule has 9 heteroatoms. The molecule has 3 aromatic rings. The number of allylic oxidation sites excluding steroid dienone is 1. The van der Waals surface area contributed by atoms with Crippen LogP contribution in [0, 0.1) is 0 Å². The van der Waals surface area contributed by atoms with Crippen LogP contribution in [-0.4, -0.2) is 26.9 Å². The number of benzene rings is 2. The predicted molar refractivity (Wildman–Crippen MR) is 148 cm³/mol. The molecule has 0 saturated carbocycles. The van der Waals surface area contributed by atoms with E-state index in [1.165, 1.54) is 11.8 Å². The van der Waals surface area contributed by atoms with E-state index in [9.17, 15) is 9.59 Å². The molecule has 1 unspecified atom stereocenters. The number of anilines is 1. The predicted octanol–water partition coefficient (Wildman–Crippen LogP) is 5.66. The summed E-state index contributed by atoms with van der Waals surface area (Å²) in [7, 11) is 0. The molecule has 1 atom stereocenters. The summed E-state index contributed by atoms with van der Waals surface area (Å²) >= 11 is 8.09. The first-order valence-electron chi connectivity index (χ1n) is 11.7. The molecule has 2 amide bonds. The number of hydrogen-bond donors (Lipinski definition) is 2. The van der Waals surface area contributed by atoms with E-state index in [-0.39, 0.29) is 18.2 Å². The second-order valence-electron chi connectivity index (χ2n) is 8.51. The molecule has 5 rings (SSSR count). The van der Waals surface area contributed by atoms with Gasteiger partial charge in [-0.3, -0.25) is 14.6 Å². The van der Waals surface area contributed by atoms with Crippen LogP contribution in [0.4, 0.5) is 5.69 Å². The molecule has 0 fully saturated rings. The largest absolute Gasteiger partial charge is 0.350 e. The van der Waals surface area contributed by atoms with Gasteiger partial charge in [-0.15, -0.1) is 0 Å². The Labute approximate surface area is 224 Å². The maximum atomic E-state index is 13.6. The number of thioether (sulfide) groups is 1. The normalized spacial score (nSPS) is 16.6. The number of hydrogen-bond acceptors (Lipinski definition) is 6. The van der Waals surface area contributed by atoms with E-state index >= 15 is 0 Å². The Morgan fingerprint density at radius 2 is 1.78 bits per heavy atom. The summed E-state index contributed by atoms with van der Waals surface area (Å²) in [6.45, 7) is 2.16. The average molecular weight is 530 g/mol. The molecule has 1 aromatic heterocycles. The zero-order chi connectivity index (χ0) is 25.8. The first-order chi connectivity index (χ1) is 18.0. The zero-order valence-electron chi connectivity index (χ0n) is 20.0. The second kappa shape index (κ2) is 11.0. The van der Waals surface area contributed by atoms with E-state index < -0.39 is 6.04 Å². The molecule has 0 saturated heterocycles. The monoisotopic (exact) mass is 529 g/mol. The van der Waals surface area contributed by atoms with E-state index in [2.05, 4.69) is 15.6 Å². The molecule has 3 heterocycles. The molecular weight excluding hydrogens is 506 g/mol. The number of pyridine rings is 1. The molecule has 2 aliphatic heterocycles. The maximum absolute atomic E-state index is 13.6. The minimum absolute atomic E-state index is 0.117. The number of carbonyl (C=O) groups excluding carboxylic acids is 2. The van der Waals surface area contributed by atoms with Crippen molar-refractivity contribution in [3.8, 4) is 0 Å². The van der Waals surface area contributed by atoms with Gasteiger partial charge in [0.15, 0.2) is 5.17 Å². The van der Waals surface area contributed by atoms with Gasteiger partial charge in [0.2, 0.25) is 5.91 Å². The van der Waals surface area contributed by atoms with Gasteiger partial charge >= 0.3 is 0 Å². The number of amidine groups is 1. The van der Waals surface area contributed by atoms with Crippen LogP contribution in [-0.2, 0) is 16.1 Å². The fourth-order valence-corrected chi connectivity index (χ4v) is 5.49. The summed E-state index contributed by atoms with van der Waals surface area (Å²) < 4.78 is 0. The number of para-hydroxylation sites is 1. The van der Waals surface area contributed by atoms with Crippen molar-refractivity contribution < 1.29 is 9.59 Å². The fraction of sp³-hybridized carbons (Fsp3) is 0.143. The highest BCUT2D eigenvalue weighted by atomic mass is 35.5. The summed E-state index contributed by atoms with van der Waals surface area (Å²) in [5, 5.41) is 9.06. The molecule has 2 N–H and O–H groups in total. The lowest BCUT2D eigenvalue weighted by atomic mass is 9.93. The Hall–Kier alpha value is -3.88. The number of carbonyl (C=O) groups is 2. The smallest absolute Gasteiger partial charge is 0.255 e. The highest BCUT2D eigenvalue weighted by Crippen LogP contribution is 2.46. The van der Waals surface area contributed by atoms with E-state index in [0.29, 0.717) is 33.7 Å². The SMILES string of the molecule is CC1=C(C(=O)Nc2ccccc2)C(c2ccccc2Cl)N2C(CC(=O)NCc3ccccn3)=CSC2=N1. The standard InChI is InChI=1S/C28H24ClN5O2S/c1-18-25(27(36)33-19-9-3-2-4-10-19)26(22-12-5-6-13-23(22)29)34-21(17-37-28(34)32-18)15-24(35)31-16-20-11-7-8-14-30-20/h2-14,17,26H,15-16H2,1H3,(H,31,35)(H,33,36). The van der Waals surface area contributed by atoms with Gasteiger partial charge < -0.3 is 15.5 Å². The average Bonchev–Trinajstić information content (AvgIpc) is 3.30. The summed E-state index contributed by atoms with van der Waals surface area (Å²) in [5.41, 5.74) is 4.04. The van der Waals surface area contributed by atoms with Crippen LogP contribution in [0.5, 0.6) is 0 Å². The number of halogens is 1. The first kappa shape index (κ1) is 24.8. The van der Waals surface area contributed by atoms with Crippen LogP contribution in [0.2, 0.25) is 5.02 Å². The number of fused-ring (bicyclic) bond motifs is 1. The van der Waals surface area contributed by atoms with E-state index in [1.54, 1.807) is 12.3 Å².